The first kappa shape index (κ1) is 30.9. The first-order chi connectivity index (χ1) is 19.7. The van der Waals surface area contributed by atoms with Gasteiger partial charge in [-0.25, -0.2) is 18.2 Å². The lowest BCUT2D eigenvalue weighted by molar-refractivity contribution is -0.123. The number of fused-ring (bicyclic) bond motifs is 1. The van der Waals surface area contributed by atoms with E-state index in [1.54, 1.807) is 45.0 Å². The molecule has 1 unspecified atom stereocenters. The number of nitrogens with one attached hydrogen (secondary N) is 2. The molecule has 2 amide bonds. The standard InChI is InChI=1S/C28H31F2N3O8S/c1-27(2,3)41-26(36)31-15-21(42(37,38)16-17-9-4-6-11-19(17)40-25(29)30)23(35)33-28(13-8-14-28)22(34)24-32-18-10-5-7-12-20(18)39-24/h4-7,9-12,21,25H,8,13-16H2,1-3H3,(H,31,36)(H,33,35). The fourth-order valence-electron chi connectivity index (χ4n) is 4.45. The summed E-state index contributed by atoms with van der Waals surface area (Å²) in [7, 11) is -4.50. The minimum Gasteiger partial charge on any atom is -0.444 e. The largest absolute Gasteiger partial charge is 0.444 e. The number of sulfone groups is 1. The number of hydrogen-bond acceptors (Lipinski definition) is 9. The summed E-state index contributed by atoms with van der Waals surface area (Å²) in [6.07, 6.45) is -0.00258. The average molecular weight is 608 g/mol. The number of carbonyl (C=O) groups is 3. The molecule has 0 radical (unpaired) electrons. The number of alkyl halides is 2. The summed E-state index contributed by atoms with van der Waals surface area (Å²) in [6.45, 7) is 0.884. The summed E-state index contributed by atoms with van der Waals surface area (Å²) in [5, 5.41) is 2.95. The minimum atomic E-state index is -4.50. The number of halogens is 2. The third-order valence-corrected chi connectivity index (χ3v) is 8.56. The second kappa shape index (κ2) is 12.0. The van der Waals surface area contributed by atoms with Crippen LogP contribution in [-0.4, -0.2) is 60.7 Å². The number of oxazole rings is 1. The number of benzene rings is 2. The summed E-state index contributed by atoms with van der Waals surface area (Å²) in [6, 6.07) is 12.0. The number of aromatic nitrogens is 1. The monoisotopic (exact) mass is 607 g/mol. The van der Waals surface area contributed by atoms with Gasteiger partial charge in [0.25, 0.3) is 5.89 Å². The number of amides is 2. The van der Waals surface area contributed by atoms with Crippen molar-refractivity contribution in [2.75, 3.05) is 6.54 Å². The molecule has 0 bridgehead atoms. The third kappa shape index (κ3) is 7.22. The lowest BCUT2D eigenvalue weighted by atomic mass is 9.73. The van der Waals surface area contributed by atoms with Gasteiger partial charge in [0.05, 0.1) is 5.75 Å². The molecular weight excluding hydrogens is 576 g/mol. The van der Waals surface area contributed by atoms with Crippen molar-refractivity contribution < 1.29 is 45.5 Å². The molecule has 2 N–H and O–H groups in total. The molecule has 42 heavy (non-hydrogen) atoms. The number of para-hydroxylation sites is 3. The third-order valence-electron chi connectivity index (χ3n) is 6.59. The highest BCUT2D eigenvalue weighted by molar-refractivity contribution is 7.92. The van der Waals surface area contributed by atoms with Gasteiger partial charge in [0.15, 0.2) is 20.7 Å². The van der Waals surface area contributed by atoms with Crippen LogP contribution in [0.3, 0.4) is 0 Å². The number of ether oxygens (including phenoxy) is 2. The molecule has 1 atom stereocenters. The molecule has 11 nitrogen and oxygen atoms in total. The Bertz CT molecular complexity index is 1550. The van der Waals surface area contributed by atoms with Crippen molar-refractivity contribution in [3.8, 4) is 5.75 Å². The first-order valence-corrected chi connectivity index (χ1v) is 14.8. The summed E-state index contributed by atoms with van der Waals surface area (Å²) < 4.78 is 68.3. The van der Waals surface area contributed by atoms with Crippen LogP contribution in [0.2, 0.25) is 0 Å². The van der Waals surface area contributed by atoms with E-state index >= 15 is 0 Å². The van der Waals surface area contributed by atoms with Gasteiger partial charge in [-0.2, -0.15) is 8.78 Å². The van der Waals surface area contributed by atoms with Gasteiger partial charge in [-0.05, 0) is 58.2 Å². The van der Waals surface area contributed by atoms with Crippen LogP contribution in [0.1, 0.15) is 56.3 Å². The van der Waals surface area contributed by atoms with Crippen LogP contribution in [0.4, 0.5) is 13.6 Å². The van der Waals surface area contributed by atoms with Gasteiger partial charge in [0.2, 0.25) is 11.7 Å². The van der Waals surface area contributed by atoms with E-state index < -0.39 is 62.9 Å². The van der Waals surface area contributed by atoms with E-state index in [1.807, 2.05) is 0 Å². The van der Waals surface area contributed by atoms with E-state index in [9.17, 15) is 31.6 Å². The number of nitrogens with zero attached hydrogens (tertiary/aromatic N) is 1. The first-order valence-electron chi connectivity index (χ1n) is 13.1. The molecule has 2 aromatic carbocycles. The van der Waals surface area contributed by atoms with Crippen LogP contribution >= 0.6 is 0 Å². The molecule has 1 heterocycles. The lowest BCUT2D eigenvalue weighted by Crippen LogP contribution is -2.62. The fourth-order valence-corrected chi connectivity index (χ4v) is 6.05. The van der Waals surface area contributed by atoms with Crippen LogP contribution < -0.4 is 15.4 Å². The highest BCUT2D eigenvalue weighted by Gasteiger charge is 2.49. The average Bonchev–Trinajstić information content (AvgIpc) is 3.30. The van der Waals surface area contributed by atoms with Crippen molar-refractivity contribution in [3.05, 3.63) is 60.0 Å². The molecule has 3 aromatic rings. The summed E-state index contributed by atoms with van der Waals surface area (Å²) >= 11 is 0. The summed E-state index contributed by atoms with van der Waals surface area (Å²) in [4.78, 5) is 43.7. The molecule has 1 aliphatic rings. The molecule has 1 aromatic heterocycles. The minimum absolute atomic E-state index is 0.117. The zero-order valence-corrected chi connectivity index (χ0v) is 24.0. The van der Waals surface area contributed by atoms with Crippen LogP contribution in [0.25, 0.3) is 11.1 Å². The van der Waals surface area contributed by atoms with E-state index in [2.05, 4.69) is 20.4 Å². The van der Waals surface area contributed by atoms with Crippen molar-refractivity contribution in [2.24, 2.45) is 0 Å². The predicted molar refractivity (Wildman–Crippen MR) is 147 cm³/mol. The van der Waals surface area contributed by atoms with Gasteiger partial charge >= 0.3 is 12.7 Å². The van der Waals surface area contributed by atoms with Crippen molar-refractivity contribution in [3.63, 3.8) is 0 Å². The maximum Gasteiger partial charge on any atom is 0.407 e. The van der Waals surface area contributed by atoms with Crippen molar-refractivity contribution in [1.82, 2.24) is 15.6 Å². The highest BCUT2D eigenvalue weighted by atomic mass is 32.2. The van der Waals surface area contributed by atoms with Crippen LogP contribution in [-0.2, 0) is 25.1 Å². The number of hydrogen-bond donors (Lipinski definition) is 2. The van der Waals surface area contributed by atoms with Gasteiger partial charge in [-0.1, -0.05) is 30.3 Å². The van der Waals surface area contributed by atoms with Gasteiger partial charge in [0, 0.05) is 12.1 Å². The molecule has 1 aliphatic carbocycles. The van der Waals surface area contributed by atoms with Crippen LogP contribution in [0.15, 0.2) is 52.9 Å². The van der Waals surface area contributed by atoms with Crippen LogP contribution in [0.5, 0.6) is 5.75 Å². The lowest BCUT2D eigenvalue weighted by Gasteiger charge is -2.40. The normalized spacial score (nSPS) is 15.5. The molecule has 1 saturated carbocycles. The van der Waals surface area contributed by atoms with E-state index in [-0.39, 0.29) is 30.0 Å². The number of rotatable bonds is 11. The Hall–Kier alpha value is -4.07. The quantitative estimate of drug-likeness (QED) is 0.306. The van der Waals surface area contributed by atoms with Crippen molar-refractivity contribution in [1.29, 1.82) is 0 Å². The molecule has 14 heteroatoms. The van der Waals surface area contributed by atoms with E-state index in [1.165, 1.54) is 24.3 Å². The Morgan fingerprint density at radius 3 is 2.36 bits per heavy atom. The molecule has 226 valence electrons. The second-order valence-corrected chi connectivity index (χ2v) is 13.1. The predicted octanol–water partition coefficient (Wildman–Crippen LogP) is 4.16. The fraction of sp³-hybridized carbons (Fsp3) is 0.429. The molecule has 0 aliphatic heterocycles. The van der Waals surface area contributed by atoms with Gasteiger partial charge in [0.1, 0.15) is 22.4 Å². The number of ketones is 1. The molecular formula is C28H31F2N3O8S. The Kier molecular flexibility index (Phi) is 8.85. The molecule has 0 spiro atoms. The smallest absolute Gasteiger partial charge is 0.407 e. The molecule has 0 saturated heterocycles. The van der Waals surface area contributed by atoms with E-state index in [0.717, 1.165) is 0 Å². The van der Waals surface area contributed by atoms with E-state index in [0.29, 0.717) is 17.5 Å². The Morgan fingerprint density at radius 1 is 1.07 bits per heavy atom. The van der Waals surface area contributed by atoms with Crippen molar-refractivity contribution >= 4 is 38.7 Å². The summed E-state index contributed by atoms with van der Waals surface area (Å²) in [5.41, 5.74) is -1.70. The Balaban J connectivity index is 1.61. The number of carbonyl (C=O) groups excluding carboxylic acids is 3. The number of Topliss-reactive ketones (excluding diaryl/α,β-unsaturated/α-hetero) is 1. The van der Waals surface area contributed by atoms with E-state index in [4.69, 9.17) is 9.15 Å². The topological polar surface area (TPSA) is 154 Å². The summed E-state index contributed by atoms with van der Waals surface area (Å²) in [5.74, 6) is -3.17. The maximum absolute atomic E-state index is 13.6. The molecule has 1 fully saturated rings. The zero-order chi connectivity index (χ0) is 30.7. The zero-order valence-electron chi connectivity index (χ0n) is 23.2. The SMILES string of the molecule is CC(C)(C)OC(=O)NCC(C(=O)NC1(C(=O)c2nc3ccccc3o2)CCC1)S(=O)(=O)Cc1ccccc1OC(F)F. The number of alkyl carbamates (subject to hydrolysis) is 1. The second-order valence-electron chi connectivity index (χ2n) is 10.9. The Morgan fingerprint density at radius 2 is 1.74 bits per heavy atom. The van der Waals surface area contributed by atoms with Gasteiger partial charge in [-0.3, -0.25) is 9.59 Å². The molecule has 4 rings (SSSR count). The Labute approximate surface area is 240 Å². The maximum atomic E-state index is 13.6. The van der Waals surface area contributed by atoms with Gasteiger partial charge in [-0.15, -0.1) is 0 Å². The van der Waals surface area contributed by atoms with Crippen LogP contribution in [0, 0.1) is 0 Å². The van der Waals surface area contributed by atoms with Gasteiger partial charge < -0.3 is 24.5 Å². The van der Waals surface area contributed by atoms with Crippen molar-refractivity contribution in [2.45, 2.75) is 68.8 Å². The highest BCUT2D eigenvalue weighted by Crippen LogP contribution is 2.36.